The third-order valence-electron chi connectivity index (χ3n) is 4.30. The number of hydrogen-bond donors (Lipinski definition) is 1. The van der Waals surface area contributed by atoms with Crippen LogP contribution in [0.15, 0.2) is 47.4 Å². The summed E-state index contributed by atoms with van der Waals surface area (Å²) in [7, 11) is 0. The number of aromatic nitrogens is 1. The number of fused-ring (bicyclic) bond motifs is 1. The van der Waals surface area contributed by atoms with Crippen LogP contribution in [0, 0.1) is 0 Å². The molecule has 0 radical (unpaired) electrons. The van der Waals surface area contributed by atoms with Gasteiger partial charge in [-0.1, -0.05) is 36.8 Å². The second kappa shape index (κ2) is 6.88. The molecule has 1 N–H and O–H groups in total. The third-order valence-corrected chi connectivity index (χ3v) is 4.30. The van der Waals surface area contributed by atoms with E-state index >= 15 is 0 Å². The van der Waals surface area contributed by atoms with Crippen LogP contribution in [0.1, 0.15) is 28.5 Å². The van der Waals surface area contributed by atoms with E-state index in [2.05, 4.69) is 0 Å². The summed E-state index contributed by atoms with van der Waals surface area (Å²) < 4.78 is 1.68. The van der Waals surface area contributed by atoms with Crippen LogP contribution in [0.25, 0.3) is 0 Å². The Balaban J connectivity index is 2.00. The monoisotopic (exact) mass is 327 g/mol. The maximum Gasteiger partial charge on any atom is 0.274 e. The maximum atomic E-state index is 12.6. The lowest BCUT2D eigenvalue weighted by Gasteiger charge is -2.36. The molecule has 3 rings (SSSR count). The van der Waals surface area contributed by atoms with Crippen molar-refractivity contribution in [1.82, 2.24) is 9.47 Å². The molecular weight excluding hydrogens is 308 g/mol. The standard InChI is InChI=1S/C18H19N2O4/c21-10-4-8-19-12-14(11-13-5-2-1-3-6-13)20-9-7-15(22)17(23)16(20)18(19)24/h1-3,5-7,9,14,23H,4,8,10-12H2/q-1/t14-/m0/s1. The number of rotatable bonds is 5. The molecule has 1 aliphatic rings. The molecule has 1 aromatic heterocycles. The van der Waals surface area contributed by atoms with Crippen LogP contribution in [0.4, 0.5) is 0 Å². The van der Waals surface area contributed by atoms with E-state index in [1.807, 2.05) is 30.3 Å². The Hall–Kier alpha value is -2.60. The highest BCUT2D eigenvalue weighted by atomic mass is 16.3. The SMILES string of the molecule is O=C1c2c(O)c(=O)ccn2[C@@H](Cc2ccccc2)CN1CCC[O-]. The van der Waals surface area contributed by atoms with Crippen LogP contribution in [-0.4, -0.2) is 40.2 Å². The number of aromatic hydroxyl groups is 1. The first-order valence-electron chi connectivity index (χ1n) is 7.97. The number of pyridine rings is 1. The quantitative estimate of drug-likeness (QED) is 0.869. The molecule has 2 aromatic rings. The molecule has 0 bridgehead atoms. The van der Waals surface area contributed by atoms with E-state index < -0.39 is 17.1 Å². The van der Waals surface area contributed by atoms with Crippen molar-refractivity contribution in [3.05, 3.63) is 64.1 Å². The fourth-order valence-corrected chi connectivity index (χ4v) is 3.13. The molecule has 0 unspecified atom stereocenters. The van der Waals surface area contributed by atoms with E-state index in [1.54, 1.807) is 15.7 Å². The largest absolute Gasteiger partial charge is 0.854 e. The molecule has 6 heteroatoms. The Labute approximate surface area is 139 Å². The first kappa shape index (κ1) is 16.3. The first-order valence-corrected chi connectivity index (χ1v) is 7.97. The van der Waals surface area contributed by atoms with Crippen molar-refractivity contribution in [2.45, 2.75) is 18.9 Å². The predicted octanol–water partition coefficient (Wildman–Crippen LogP) is 0.544. The van der Waals surface area contributed by atoms with Gasteiger partial charge in [-0.3, -0.25) is 9.59 Å². The van der Waals surface area contributed by atoms with Crippen molar-refractivity contribution in [2.24, 2.45) is 0 Å². The summed E-state index contributed by atoms with van der Waals surface area (Å²) in [6.45, 7) is 0.514. The van der Waals surface area contributed by atoms with Crippen LogP contribution in [0.5, 0.6) is 5.75 Å². The fraction of sp³-hybridized carbons (Fsp3) is 0.333. The van der Waals surface area contributed by atoms with Crippen LogP contribution < -0.4 is 10.5 Å². The minimum atomic E-state index is -0.571. The molecule has 0 saturated heterocycles. The lowest BCUT2D eigenvalue weighted by Crippen LogP contribution is -2.45. The average Bonchev–Trinajstić information content (AvgIpc) is 2.59. The summed E-state index contributed by atoms with van der Waals surface area (Å²) in [4.78, 5) is 25.9. The van der Waals surface area contributed by atoms with E-state index in [1.165, 1.54) is 6.07 Å². The smallest absolute Gasteiger partial charge is 0.274 e. The fourth-order valence-electron chi connectivity index (χ4n) is 3.13. The van der Waals surface area contributed by atoms with Gasteiger partial charge in [0.05, 0.1) is 6.04 Å². The first-order chi connectivity index (χ1) is 11.6. The van der Waals surface area contributed by atoms with Gasteiger partial charge in [-0.15, -0.1) is 6.61 Å². The molecule has 2 heterocycles. The Kier molecular flexibility index (Phi) is 4.66. The minimum absolute atomic E-state index is 0.0144. The number of hydrogen-bond acceptors (Lipinski definition) is 4. The zero-order chi connectivity index (χ0) is 17.1. The van der Waals surface area contributed by atoms with Gasteiger partial charge in [0.2, 0.25) is 5.43 Å². The zero-order valence-corrected chi connectivity index (χ0v) is 13.2. The summed E-state index contributed by atoms with van der Waals surface area (Å²) in [5.41, 5.74) is 0.545. The highest BCUT2D eigenvalue weighted by Crippen LogP contribution is 2.27. The Bertz CT molecular complexity index is 785. The molecule has 1 aliphatic heterocycles. The topological polar surface area (TPSA) is 85.6 Å². The van der Waals surface area contributed by atoms with E-state index in [0.717, 1.165) is 5.56 Å². The van der Waals surface area contributed by atoms with Gasteiger partial charge < -0.3 is 19.7 Å². The molecule has 0 fully saturated rings. The lowest BCUT2D eigenvalue weighted by atomic mass is 10.0. The van der Waals surface area contributed by atoms with E-state index in [-0.39, 0.29) is 18.3 Å². The zero-order valence-electron chi connectivity index (χ0n) is 13.2. The van der Waals surface area contributed by atoms with Gasteiger partial charge in [0.25, 0.3) is 5.91 Å². The Morgan fingerprint density at radius 1 is 1.17 bits per heavy atom. The average molecular weight is 327 g/mol. The highest BCUT2D eigenvalue weighted by Gasteiger charge is 2.33. The number of amides is 1. The lowest BCUT2D eigenvalue weighted by molar-refractivity contribution is -0.368. The second-order valence-corrected chi connectivity index (χ2v) is 5.94. The molecule has 126 valence electrons. The highest BCUT2D eigenvalue weighted by molar-refractivity contribution is 5.95. The summed E-state index contributed by atoms with van der Waals surface area (Å²) in [5.74, 6) is -0.921. The van der Waals surface area contributed by atoms with Gasteiger partial charge in [0, 0.05) is 25.4 Å². The van der Waals surface area contributed by atoms with E-state index in [0.29, 0.717) is 25.9 Å². The van der Waals surface area contributed by atoms with Crippen molar-refractivity contribution >= 4 is 5.91 Å². The molecule has 24 heavy (non-hydrogen) atoms. The van der Waals surface area contributed by atoms with Gasteiger partial charge in [-0.25, -0.2) is 0 Å². The number of benzene rings is 1. The number of nitrogens with zero attached hydrogens (tertiary/aromatic N) is 2. The summed E-state index contributed by atoms with van der Waals surface area (Å²) >= 11 is 0. The van der Waals surface area contributed by atoms with Crippen molar-refractivity contribution in [1.29, 1.82) is 0 Å². The summed E-state index contributed by atoms with van der Waals surface area (Å²) in [6, 6.07) is 11.0. The van der Waals surface area contributed by atoms with Crippen LogP contribution in [0.2, 0.25) is 0 Å². The normalized spacial score (nSPS) is 17.0. The van der Waals surface area contributed by atoms with Gasteiger partial charge in [0.1, 0.15) is 0 Å². The summed E-state index contributed by atoms with van der Waals surface area (Å²) in [6.07, 6.45) is 2.58. The minimum Gasteiger partial charge on any atom is -0.854 e. The number of carbonyl (C=O) groups is 1. The van der Waals surface area contributed by atoms with Crippen LogP contribution >= 0.6 is 0 Å². The molecule has 0 aliphatic carbocycles. The third kappa shape index (κ3) is 3.05. The van der Waals surface area contributed by atoms with E-state index in [4.69, 9.17) is 0 Å². The molecule has 0 saturated carbocycles. The number of carbonyl (C=O) groups excluding carboxylic acids is 1. The van der Waals surface area contributed by atoms with Crippen molar-refractivity contribution in [2.75, 3.05) is 19.7 Å². The van der Waals surface area contributed by atoms with Gasteiger partial charge in [-0.2, -0.15) is 0 Å². The maximum absolute atomic E-state index is 12.6. The van der Waals surface area contributed by atoms with Crippen molar-refractivity contribution in [3.8, 4) is 5.75 Å². The molecule has 1 amide bonds. The van der Waals surface area contributed by atoms with E-state index in [9.17, 15) is 19.8 Å². The molecule has 1 aromatic carbocycles. The van der Waals surface area contributed by atoms with Gasteiger partial charge in [-0.05, 0) is 12.0 Å². The Morgan fingerprint density at radius 3 is 2.62 bits per heavy atom. The van der Waals surface area contributed by atoms with Gasteiger partial charge >= 0.3 is 0 Å². The van der Waals surface area contributed by atoms with Crippen molar-refractivity contribution < 1.29 is 15.0 Å². The molecule has 1 atom stereocenters. The molecular formula is C18H19N2O4-. The van der Waals surface area contributed by atoms with Gasteiger partial charge in [0.15, 0.2) is 11.4 Å². The van der Waals surface area contributed by atoms with Crippen LogP contribution in [0.3, 0.4) is 0 Å². The summed E-state index contributed by atoms with van der Waals surface area (Å²) in [5, 5.41) is 20.9. The predicted molar refractivity (Wildman–Crippen MR) is 86.9 cm³/mol. The van der Waals surface area contributed by atoms with Crippen molar-refractivity contribution in [3.63, 3.8) is 0 Å². The molecule has 0 spiro atoms. The second-order valence-electron chi connectivity index (χ2n) is 5.94. The van der Waals surface area contributed by atoms with Crippen LogP contribution in [-0.2, 0) is 6.42 Å². The molecule has 6 nitrogen and oxygen atoms in total. The Morgan fingerprint density at radius 2 is 1.92 bits per heavy atom.